The number of Topliss-reactive ketones (excluding diaryl/α,β-unsaturated/α-hetero) is 1. The molecule has 0 bridgehead atoms. The Balaban J connectivity index is 1.82. The van der Waals surface area contributed by atoms with E-state index in [1.54, 1.807) is 0 Å². The van der Waals surface area contributed by atoms with Gasteiger partial charge >= 0.3 is 0 Å². The third kappa shape index (κ3) is 2.21. The van der Waals surface area contributed by atoms with Crippen molar-refractivity contribution >= 4 is 5.78 Å². The smallest absolute Gasteiger partial charge is 0.140 e. The van der Waals surface area contributed by atoms with Crippen molar-refractivity contribution in [1.29, 1.82) is 0 Å². The molecule has 3 atom stereocenters. The quantitative estimate of drug-likeness (QED) is 0.808. The van der Waals surface area contributed by atoms with Crippen molar-refractivity contribution in [2.24, 2.45) is 11.8 Å². The Morgan fingerprint density at radius 2 is 1.47 bits per heavy atom. The van der Waals surface area contributed by atoms with Crippen LogP contribution in [0.4, 0.5) is 0 Å². The molecule has 1 aliphatic carbocycles. The van der Waals surface area contributed by atoms with E-state index >= 15 is 0 Å². The van der Waals surface area contributed by atoms with Gasteiger partial charge < -0.3 is 0 Å². The third-order valence-corrected chi connectivity index (χ3v) is 4.27. The zero-order valence-corrected chi connectivity index (χ0v) is 11.1. The van der Waals surface area contributed by atoms with Crippen molar-refractivity contribution in [3.63, 3.8) is 0 Å². The minimum Gasteiger partial charge on any atom is -0.299 e. The number of carbonyl (C=O) groups is 1. The van der Waals surface area contributed by atoms with Gasteiger partial charge in [0.2, 0.25) is 0 Å². The Bertz CT molecular complexity index is 559. The topological polar surface area (TPSA) is 17.1 Å². The molecule has 1 nitrogen and oxygen atoms in total. The van der Waals surface area contributed by atoms with E-state index in [0.29, 0.717) is 11.7 Å². The first kappa shape index (κ1) is 12.2. The second-order valence-electron chi connectivity index (χ2n) is 5.42. The molecule has 19 heavy (non-hydrogen) atoms. The molecule has 0 radical (unpaired) electrons. The first-order valence-corrected chi connectivity index (χ1v) is 6.90. The van der Waals surface area contributed by atoms with Crippen LogP contribution in [0.25, 0.3) is 0 Å². The highest BCUT2D eigenvalue weighted by molar-refractivity contribution is 5.92. The van der Waals surface area contributed by atoms with Gasteiger partial charge in [0.15, 0.2) is 0 Å². The van der Waals surface area contributed by atoms with Gasteiger partial charge in [-0.25, -0.2) is 0 Å². The standard InChI is InChI=1S/C18H18O/c1-13-17(15-10-6-3-7-11-15)16(18(13)19)12-14-8-4-2-5-9-14/h2-11,13,16-17H,12H2,1H3. The molecule has 0 aliphatic heterocycles. The zero-order chi connectivity index (χ0) is 13.2. The van der Waals surface area contributed by atoms with Gasteiger partial charge in [-0.1, -0.05) is 67.6 Å². The zero-order valence-electron chi connectivity index (χ0n) is 11.1. The second-order valence-corrected chi connectivity index (χ2v) is 5.42. The van der Waals surface area contributed by atoms with Crippen LogP contribution in [0.15, 0.2) is 60.7 Å². The van der Waals surface area contributed by atoms with E-state index < -0.39 is 0 Å². The summed E-state index contributed by atoms with van der Waals surface area (Å²) in [6.07, 6.45) is 0.865. The fourth-order valence-corrected chi connectivity index (χ4v) is 3.21. The minimum atomic E-state index is 0.153. The summed E-state index contributed by atoms with van der Waals surface area (Å²) in [6.45, 7) is 2.06. The number of carbonyl (C=O) groups excluding carboxylic acids is 1. The van der Waals surface area contributed by atoms with E-state index in [2.05, 4.69) is 43.3 Å². The molecule has 0 amide bonds. The van der Waals surface area contributed by atoms with Crippen LogP contribution >= 0.6 is 0 Å². The Kier molecular flexibility index (Phi) is 3.20. The molecule has 2 aromatic carbocycles. The summed E-state index contributed by atoms with van der Waals surface area (Å²) < 4.78 is 0. The summed E-state index contributed by atoms with van der Waals surface area (Å²) in [7, 11) is 0. The number of hydrogen-bond acceptors (Lipinski definition) is 1. The summed E-state index contributed by atoms with van der Waals surface area (Å²) in [4.78, 5) is 12.1. The monoisotopic (exact) mass is 250 g/mol. The number of hydrogen-bond donors (Lipinski definition) is 0. The largest absolute Gasteiger partial charge is 0.299 e. The molecule has 96 valence electrons. The van der Waals surface area contributed by atoms with Crippen LogP contribution in [-0.2, 0) is 11.2 Å². The average molecular weight is 250 g/mol. The maximum absolute atomic E-state index is 12.1. The molecular formula is C18H18O. The van der Waals surface area contributed by atoms with Gasteiger partial charge in [-0.3, -0.25) is 4.79 Å². The first-order valence-electron chi connectivity index (χ1n) is 6.90. The van der Waals surface area contributed by atoms with Crippen LogP contribution in [-0.4, -0.2) is 5.78 Å². The van der Waals surface area contributed by atoms with Gasteiger partial charge in [-0.05, 0) is 17.5 Å². The fourth-order valence-electron chi connectivity index (χ4n) is 3.21. The van der Waals surface area contributed by atoms with Crippen LogP contribution in [0, 0.1) is 11.8 Å². The Morgan fingerprint density at radius 1 is 0.895 bits per heavy atom. The molecular weight excluding hydrogens is 232 g/mol. The molecule has 1 saturated carbocycles. The SMILES string of the molecule is CC1C(=O)C(Cc2ccccc2)C1c1ccccc1. The average Bonchev–Trinajstić information content (AvgIpc) is 2.48. The molecule has 0 aromatic heterocycles. The summed E-state index contributed by atoms with van der Waals surface area (Å²) in [6, 6.07) is 20.8. The highest BCUT2D eigenvalue weighted by Crippen LogP contribution is 2.45. The minimum absolute atomic E-state index is 0.153. The Labute approximate surface area is 114 Å². The molecule has 1 heteroatoms. The highest BCUT2D eigenvalue weighted by Gasteiger charge is 2.46. The highest BCUT2D eigenvalue weighted by atomic mass is 16.1. The molecule has 2 aromatic rings. The van der Waals surface area contributed by atoms with Crippen molar-refractivity contribution in [2.75, 3.05) is 0 Å². The van der Waals surface area contributed by atoms with Crippen LogP contribution < -0.4 is 0 Å². The molecule has 0 spiro atoms. The van der Waals surface area contributed by atoms with Gasteiger partial charge in [-0.2, -0.15) is 0 Å². The lowest BCUT2D eigenvalue weighted by Gasteiger charge is -2.42. The molecule has 0 saturated heterocycles. The van der Waals surface area contributed by atoms with E-state index in [9.17, 15) is 4.79 Å². The van der Waals surface area contributed by atoms with Gasteiger partial charge in [0, 0.05) is 17.8 Å². The molecule has 1 fully saturated rings. The third-order valence-electron chi connectivity index (χ3n) is 4.27. The molecule has 3 unspecified atom stereocenters. The van der Waals surface area contributed by atoms with Crippen LogP contribution in [0.5, 0.6) is 0 Å². The number of ketones is 1. The van der Waals surface area contributed by atoms with Crippen molar-refractivity contribution in [1.82, 2.24) is 0 Å². The van der Waals surface area contributed by atoms with E-state index in [0.717, 1.165) is 6.42 Å². The second kappa shape index (κ2) is 5.00. The van der Waals surface area contributed by atoms with E-state index in [-0.39, 0.29) is 11.8 Å². The maximum atomic E-state index is 12.1. The lowest BCUT2D eigenvalue weighted by atomic mass is 9.60. The van der Waals surface area contributed by atoms with Gasteiger partial charge in [-0.15, -0.1) is 0 Å². The van der Waals surface area contributed by atoms with Crippen LogP contribution in [0.2, 0.25) is 0 Å². The maximum Gasteiger partial charge on any atom is 0.140 e. The predicted octanol–water partition coefficient (Wildman–Crippen LogP) is 3.85. The fraction of sp³-hybridized carbons (Fsp3) is 0.278. The van der Waals surface area contributed by atoms with Crippen molar-refractivity contribution in [3.8, 4) is 0 Å². The van der Waals surface area contributed by atoms with E-state index in [1.165, 1.54) is 11.1 Å². The van der Waals surface area contributed by atoms with Crippen molar-refractivity contribution in [2.45, 2.75) is 19.3 Å². The number of benzene rings is 2. The van der Waals surface area contributed by atoms with Gasteiger partial charge in [0.05, 0.1) is 0 Å². The van der Waals surface area contributed by atoms with Gasteiger partial charge in [0.25, 0.3) is 0 Å². The summed E-state index contributed by atoms with van der Waals surface area (Å²) in [5, 5.41) is 0. The van der Waals surface area contributed by atoms with E-state index in [1.807, 2.05) is 24.3 Å². The molecule has 0 N–H and O–H groups in total. The summed E-state index contributed by atoms with van der Waals surface area (Å²) in [5.41, 5.74) is 2.56. The predicted molar refractivity (Wildman–Crippen MR) is 77.0 cm³/mol. The van der Waals surface area contributed by atoms with Crippen LogP contribution in [0.1, 0.15) is 24.0 Å². The van der Waals surface area contributed by atoms with Crippen molar-refractivity contribution in [3.05, 3.63) is 71.8 Å². The Hall–Kier alpha value is -1.89. The van der Waals surface area contributed by atoms with Gasteiger partial charge in [0.1, 0.15) is 5.78 Å². The Morgan fingerprint density at radius 3 is 2.11 bits per heavy atom. The van der Waals surface area contributed by atoms with Crippen molar-refractivity contribution < 1.29 is 4.79 Å². The summed E-state index contributed by atoms with van der Waals surface area (Å²) >= 11 is 0. The molecule has 0 heterocycles. The lowest BCUT2D eigenvalue weighted by Crippen LogP contribution is -2.45. The lowest BCUT2D eigenvalue weighted by molar-refractivity contribution is -0.137. The number of rotatable bonds is 3. The van der Waals surface area contributed by atoms with E-state index in [4.69, 9.17) is 0 Å². The van der Waals surface area contributed by atoms with Crippen LogP contribution in [0.3, 0.4) is 0 Å². The molecule has 1 aliphatic rings. The summed E-state index contributed by atoms with van der Waals surface area (Å²) in [5.74, 6) is 1.11. The first-order chi connectivity index (χ1) is 9.27. The normalized spacial score (nSPS) is 25.9. The molecule has 3 rings (SSSR count).